The molecule has 21 heavy (non-hydrogen) atoms. The van der Waals surface area contributed by atoms with E-state index in [0.717, 1.165) is 12.2 Å². The number of nitro groups is 1. The van der Waals surface area contributed by atoms with Crippen LogP contribution in [0.2, 0.25) is 0 Å². The van der Waals surface area contributed by atoms with Gasteiger partial charge in [0.2, 0.25) is 0 Å². The molecule has 1 unspecified atom stereocenters. The van der Waals surface area contributed by atoms with E-state index in [1.54, 1.807) is 36.8 Å². The number of amides is 1. The number of carbonyl (C=O) groups excluding carboxylic acids is 1. The van der Waals surface area contributed by atoms with Gasteiger partial charge in [0.05, 0.1) is 10.5 Å². The van der Waals surface area contributed by atoms with Gasteiger partial charge in [-0.3, -0.25) is 14.9 Å². The van der Waals surface area contributed by atoms with Crippen LogP contribution in [0.3, 0.4) is 0 Å². The van der Waals surface area contributed by atoms with E-state index >= 15 is 0 Å². The van der Waals surface area contributed by atoms with Gasteiger partial charge in [-0.05, 0) is 18.7 Å². The molecule has 0 spiro atoms. The highest BCUT2D eigenvalue weighted by Gasteiger charge is 2.25. The van der Waals surface area contributed by atoms with Gasteiger partial charge in [-0.1, -0.05) is 13.0 Å². The van der Waals surface area contributed by atoms with Gasteiger partial charge in [0, 0.05) is 32.0 Å². The second-order valence-corrected chi connectivity index (χ2v) is 5.55. The summed E-state index contributed by atoms with van der Waals surface area (Å²) in [6, 6.07) is 4.65. The number of hydrogen-bond donors (Lipinski definition) is 1. The van der Waals surface area contributed by atoms with Crippen molar-refractivity contribution in [1.29, 1.82) is 0 Å². The molecule has 7 heteroatoms. The maximum atomic E-state index is 12.6. The Morgan fingerprint density at radius 3 is 2.67 bits per heavy atom. The van der Waals surface area contributed by atoms with E-state index < -0.39 is 4.92 Å². The van der Waals surface area contributed by atoms with Crippen LogP contribution in [-0.4, -0.2) is 47.9 Å². The Morgan fingerprint density at radius 1 is 1.52 bits per heavy atom. The molecule has 0 aliphatic carbocycles. The molecular weight excluding hydrogens is 290 g/mol. The first-order valence-corrected chi connectivity index (χ1v) is 8.08. The topological polar surface area (TPSA) is 75.5 Å². The highest BCUT2D eigenvalue weighted by atomic mass is 32.2. The SMILES string of the molecule is CCC(CSC)N(C)C(=O)c1cccc([N+](=O)[O-])c1NC. The molecule has 1 aromatic carbocycles. The first kappa shape index (κ1) is 17.3. The van der Waals surface area contributed by atoms with Crippen molar-refractivity contribution in [3.05, 3.63) is 33.9 Å². The zero-order chi connectivity index (χ0) is 16.0. The predicted octanol–water partition coefficient (Wildman–Crippen LogP) is 2.85. The molecule has 1 aromatic rings. The lowest BCUT2D eigenvalue weighted by atomic mass is 10.1. The van der Waals surface area contributed by atoms with Crippen LogP contribution < -0.4 is 5.32 Å². The fourth-order valence-corrected chi connectivity index (χ4v) is 3.03. The van der Waals surface area contributed by atoms with Gasteiger partial charge in [-0.2, -0.15) is 11.8 Å². The maximum absolute atomic E-state index is 12.6. The van der Waals surface area contributed by atoms with Gasteiger partial charge >= 0.3 is 0 Å². The zero-order valence-electron chi connectivity index (χ0n) is 12.8. The average Bonchev–Trinajstić information content (AvgIpc) is 2.50. The van der Waals surface area contributed by atoms with Crippen molar-refractivity contribution in [3.63, 3.8) is 0 Å². The fourth-order valence-electron chi connectivity index (χ4n) is 2.18. The van der Waals surface area contributed by atoms with Gasteiger partial charge in [0.15, 0.2) is 0 Å². The van der Waals surface area contributed by atoms with Gasteiger partial charge in [-0.25, -0.2) is 0 Å². The Kier molecular flexibility index (Phi) is 6.48. The largest absolute Gasteiger partial charge is 0.382 e. The molecule has 0 aromatic heterocycles. The van der Waals surface area contributed by atoms with Gasteiger partial charge in [0.1, 0.15) is 5.69 Å². The highest BCUT2D eigenvalue weighted by molar-refractivity contribution is 7.98. The quantitative estimate of drug-likeness (QED) is 0.619. The van der Waals surface area contributed by atoms with E-state index in [4.69, 9.17) is 0 Å². The number of para-hydroxylation sites is 1. The number of nitro benzene ring substituents is 1. The molecule has 1 rings (SSSR count). The molecule has 1 amide bonds. The molecule has 6 nitrogen and oxygen atoms in total. The second-order valence-electron chi connectivity index (χ2n) is 4.64. The Balaban J connectivity index is 3.17. The lowest BCUT2D eigenvalue weighted by Crippen LogP contribution is -2.38. The normalized spacial score (nSPS) is 11.8. The number of benzene rings is 1. The number of rotatable bonds is 7. The Bertz CT molecular complexity index is 522. The molecule has 0 saturated carbocycles. The summed E-state index contributed by atoms with van der Waals surface area (Å²) in [4.78, 5) is 24.9. The summed E-state index contributed by atoms with van der Waals surface area (Å²) in [5.41, 5.74) is 0.502. The Morgan fingerprint density at radius 2 is 2.19 bits per heavy atom. The van der Waals surface area contributed by atoms with E-state index in [0.29, 0.717) is 5.56 Å². The van der Waals surface area contributed by atoms with Gasteiger partial charge in [-0.15, -0.1) is 0 Å². The lowest BCUT2D eigenvalue weighted by Gasteiger charge is -2.27. The van der Waals surface area contributed by atoms with Crippen molar-refractivity contribution in [2.45, 2.75) is 19.4 Å². The van der Waals surface area contributed by atoms with Gasteiger partial charge < -0.3 is 10.2 Å². The van der Waals surface area contributed by atoms with Crippen LogP contribution in [-0.2, 0) is 0 Å². The van der Waals surface area contributed by atoms with Crippen LogP contribution >= 0.6 is 11.8 Å². The summed E-state index contributed by atoms with van der Waals surface area (Å²) in [6.07, 6.45) is 2.83. The number of nitrogens with zero attached hydrogens (tertiary/aromatic N) is 2. The molecule has 1 atom stereocenters. The summed E-state index contributed by atoms with van der Waals surface area (Å²) in [7, 11) is 3.32. The van der Waals surface area contributed by atoms with Crippen LogP contribution in [0, 0.1) is 10.1 Å². The van der Waals surface area contributed by atoms with E-state index in [1.165, 1.54) is 12.1 Å². The van der Waals surface area contributed by atoms with Crippen molar-refractivity contribution in [1.82, 2.24) is 4.90 Å². The minimum atomic E-state index is -0.484. The number of anilines is 1. The molecule has 116 valence electrons. The molecule has 0 aliphatic heterocycles. The van der Waals surface area contributed by atoms with Crippen LogP contribution in [0.15, 0.2) is 18.2 Å². The van der Waals surface area contributed by atoms with Crippen LogP contribution in [0.4, 0.5) is 11.4 Å². The van der Waals surface area contributed by atoms with Crippen LogP contribution in [0.1, 0.15) is 23.7 Å². The highest BCUT2D eigenvalue weighted by Crippen LogP contribution is 2.29. The standard InChI is InChI=1S/C14H21N3O3S/c1-5-10(9-21-4)16(3)14(18)11-7-6-8-12(17(19)20)13(11)15-2/h6-8,10,15H,5,9H2,1-4H3. The lowest BCUT2D eigenvalue weighted by molar-refractivity contribution is -0.384. The van der Waals surface area contributed by atoms with Crippen LogP contribution in [0.5, 0.6) is 0 Å². The van der Waals surface area contributed by atoms with Crippen LogP contribution in [0.25, 0.3) is 0 Å². The summed E-state index contributed by atoms with van der Waals surface area (Å²) >= 11 is 1.68. The minimum absolute atomic E-state index is 0.0883. The number of thioether (sulfide) groups is 1. The van der Waals surface area contributed by atoms with E-state index in [9.17, 15) is 14.9 Å². The predicted molar refractivity (Wildman–Crippen MR) is 87.2 cm³/mol. The van der Waals surface area contributed by atoms with Crippen molar-refractivity contribution in [2.24, 2.45) is 0 Å². The summed E-state index contributed by atoms with van der Waals surface area (Å²) in [6.45, 7) is 2.02. The van der Waals surface area contributed by atoms with Crippen molar-refractivity contribution < 1.29 is 9.72 Å². The maximum Gasteiger partial charge on any atom is 0.293 e. The van der Waals surface area contributed by atoms with E-state index in [2.05, 4.69) is 5.32 Å². The summed E-state index contributed by atoms with van der Waals surface area (Å²) < 4.78 is 0. The molecule has 0 radical (unpaired) electrons. The average molecular weight is 311 g/mol. The van der Waals surface area contributed by atoms with E-state index in [1.807, 2.05) is 13.2 Å². The van der Waals surface area contributed by atoms with Gasteiger partial charge in [0.25, 0.3) is 11.6 Å². The summed E-state index contributed by atoms with van der Waals surface area (Å²) in [5, 5.41) is 13.8. The summed E-state index contributed by atoms with van der Waals surface area (Å²) in [5.74, 6) is 0.631. The fraction of sp³-hybridized carbons (Fsp3) is 0.500. The molecule has 0 heterocycles. The molecule has 0 fully saturated rings. The molecular formula is C14H21N3O3S. The third kappa shape index (κ3) is 3.87. The number of hydrogen-bond acceptors (Lipinski definition) is 5. The monoisotopic (exact) mass is 311 g/mol. The Labute approximate surface area is 129 Å². The Hall–Kier alpha value is -1.76. The first-order valence-electron chi connectivity index (χ1n) is 6.69. The zero-order valence-corrected chi connectivity index (χ0v) is 13.6. The third-order valence-electron chi connectivity index (χ3n) is 3.42. The van der Waals surface area contributed by atoms with Crippen molar-refractivity contribution in [2.75, 3.05) is 31.4 Å². The van der Waals surface area contributed by atoms with E-state index in [-0.39, 0.29) is 23.3 Å². The van der Waals surface area contributed by atoms with Crippen molar-refractivity contribution in [3.8, 4) is 0 Å². The first-order chi connectivity index (χ1) is 9.97. The molecule has 0 bridgehead atoms. The van der Waals surface area contributed by atoms with Crippen molar-refractivity contribution >= 4 is 29.0 Å². The molecule has 1 N–H and O–H groups in total. The minimum Gasteiger partial charge on any atom is -0.382 e. The third-order valence-corrected chi connectivity index (χ3v) is 4.14. The smallest absolute Gasteiger partial charge is 0.293 e. The molecule has 0 aliphatic rings. The number of carbonyl (C=O) groups is 1. The number of nitrogens with one attached hydrogen (secondary N) is 1. The molecule has 0 saturated heterocycles. The second kappa shape index (κ2) is 7.87.